The molecule has 6 nitrogen and oxygen atoms in total. The number of hydroxylamine groups is 1. The summed E-state index contributed by atoms with van der Waals surface area (Å²) in [4.78, 5) is 14.2. The fourth-order valence-electron chi connectivity index (χ4n) is 0.519. The number of hydrogen-bond donors (Lipinski definition) is 4. The molecule has 0 aromatic rings. The van der Waals surface area contributed by atoms with Crippen LogP contribution in [0.3, 0.4) is 0 Å². The molecule has 0 aromatic carbocycles. The number of rotatable bonds is 5. The lowest BCUT2D eigenvalue weighted by Gasteiger charge is -2.16. The largest absolute Gasteiger partial charge is 0.473 e. The molecule has 15 heavy (non-hydrogen) atoms. The standard InChI is InChI=1S/C6H11F3N2O4/c7-6(8,9)5(14)11-15-2-4(13)3(12)1-10/h3-4,12-13H,1-2,10H2,(H,11,14)/t3-,4-/m1/s1. The van der Waals surface area contributed by atoms with E-state index in [0.717, 1.165) is 5.48 Å². The Morgan fingerprint density at radius 2 is 1.93 bits per heavy atom. The third-order valence-corrected chi connectivity index (χ3v) is 1.36. The van der Waals surface area contributed by atoms with Crippen molar-refractivity contribution in [2.45, 2.75) is 18.4 Å². The van der Waals surface area contributed by atoms with Crippen LogP contribution in [0.2, 0.25) is 0 Å². The maximum atomic E-state index is 11.6. The number of aliphatic hydroxyl groups is 2. The van der Waals surface area contributed by atoms with E-state index in [9.17, 15) is 18.0 Å². The second-order valence-electron chi connectivity index (χ2n) is 2.61. The zero-order valence-electron chi connectivity index (χ0n) is 7.49. The molecule has 0 unspecified atom stereocenters. The minimum absolute atomic E-state index is 0.280. The summed E-state index contributed by atoms with van der Waals surface area (Å²) in [6.07, 6.45) is -7.85. The van der Waals surface area contributed by atoms with Crippen LogP contribution < -0.4 is 11.2 Å². The number of aliphatic hydroxyl groups excluding tert-OH is 2. The Hall–Kier alpha value is -0.900. The summed E-state index contributed by atoms with van der Waals surface area (Å²) < 4.78 is 34.7. The third-order valence-electron chi connectivity index (χ3n) is 1.36. The Kier molecular flexibility index (Phi) is 5.50. The maximum Gasteiger partial charge on any atom is 0.473 e. The Morgan fingerprint density at radius 3 is 2.33 bits per heavy atom. The average Bonchev–Trinajstić information content (AvgIpc) is 2.14. The van der Waals surface area contributed by atoms with E-state index < -0.39 is 30.9 Å². The molecular formula is C6H11F3N2O4. The predicted octanol–water partition coefficient (Wildman–Crippen LogP) is -1.72. The van der Waals surface area contributed by atoms with Gasteiger partial charge in [-0.1, -0.05) is 0 Å². The zero-order valence-corrected chi connectivity index (χ0v) is 7.49. The Balaban J connectivity index is 3.76. The molecule has 0 fully saturated rings. The van der Waals surface area contributed by atoms with Gasteiger partial charge in [0.2, 0.25) is 0 Å². The van der Waals surface area contributed by atoms with Crippen LogP contribution in [0.4, 0.5) is 13.2 Å². The van der Waals surface area contributed by atoms with Gasteiger partial charge in [-0.05, 0) is 0 Å². The van der Waals surface area contributed by atoms with Crippen LogP contribution in [-0.2, 0) is 9.63 Å². The zero-order chi connectivity index (χ0) is 12.1. The minimum atomic E-state index is -5.06. The van der Waals surface area contributed by atoms with Crippen LogP contribution in [0.5, 0.6) is 0 Å². The lowest BCUT2D eigenvalue weighted by Crippen LogP contribution is -2.42. The van der Waals surface area contributed by atoms with Crippen LogP contribution in [0.1, 0.15) is 0 Å². The quantitative estimate of drug-likeness (QED) is 0.422. The molecule has 0 spiro atoms. The number of nitrogens with two attached hydrogens (primary N) is 1. The molecule has 1 amide bonds. The maximum absolute atomic E-state index is 11.6. The van der Waals surface area contributed by atoms with Gasteiger partial charge in [-0.15, -0.1) is 0 Å². The fraction of sp³-hybridized carbons (Fsp3) is 0.833. The number of carbonyl (C=O) groups excluding carboxylic acids is 1. The van der Waals surface area contributed by atoms with Gasteiger partial charge in [0, 0.05) is 6.54 Å². The first kappa shape index (κ1) is 14.1. The van der Waals surface area contributed by atoms with Gasteiger partial charge < -0.3 is 15.9 Å². The van der Waals surface area contributed by atoms with Gasteiger partial charge in [0.25, 0.3) is 0 Å². The summed E-state index contributed by atoms with van der Waals surface area (Å²) in [6.45, 7) is -0.974. The van der Waals surface area contributed by atoms with Crippen molar-refractivity contribution in [2.24, 2.45) is 5.73 Å². The number of alkyl halides is 3. The van der Waals surface area contributed by atoms with Crippen molar-refractivity contribution in [1.82, 2.24) is 5.48 Å². The predicted molar refractivity (Wildman–Crippen MR) is 41.2 cm³/mol. The van der Waals surface area contributed by atoms with Crippen molar-refractivity contribution >= 4 is 5.91 Å². The first-order valence-electron chi connectivity index (χ1n) is 3.84. The highest BCUT2D eigenvalue weighted by molar-refractivity contribution is 5.80. The smallest absolute Gasteiger partial charge is 0.389 e. The number of hydrogen-bond acceptors (Lipinski definition) is 5. The van der Waals surface area contributed by atoms with E-state index in [0.29, 0.717) is 0 Å². The molecule has 0 saturated heterocycles. The van der Waals surface area contributed by atoms with Crippen molar-refractivity contribution in [2.75, 3.05) is 13.2 Å². The van der Waals surface area contributed by atoms with Crippen molar-refractivity contribution in [3.8, 4) is 0 Å². The number of halogens is 3. The van der Waals surface area contributed by atoms with Gasteiger partial charge in [-0.2, -0.15) is 13.2 Å². The Bertz CT molecular complexity index is 211. The summed E-state index contributed by atoms with van der Waals surface area (Å²) >= 11 is 0. The molecule has 9 heteroatoms. The third kappa shape index (κ3) is 5.52. The van der Waals surface area contributed by atoms with Crippen molar-refractivity contribution in [3.63, 3.8) is 0 Å². The van der Waals surface area contributed by atoms with Crippen molar-refractivity contribution < 1.29 is 33.0 Å². The molecule has 0 radical (unpaired) electrons. The molecule has 0 aliphatic heterocycles. The van der Waals surface area contributed by atoms with Gasteiger partial charge >= 0.3 is 12.1 Å². The first-order valence-corrected chi connectivity index (χ1v) is 3.84. The molecule has 0 bridgehead atoms. The van der Waals surface area contributed by atoms with E-state index in [1.54, 1.807) is 0 Å². The van der Waals surface area contributed by atoms with Crippen LogP contribution in [0, 0.1) is 0 Å². The first-order chi connectivity index (χ1) is 6.79. The summed E-state index contributed by atoms with van der Waals surface area (Å²) in [6, 6.07) is 0. The van der Waals surface area contributed by atoms with Gasteiger partial charge in [0.05, 0.1) is 6.10 Å². The fourth-order valence-corrected chi connectivity index (χ4v) is 0.519. The van der Waals surface area contributed by atoms with Crippen molar-refractivity contribution in [1.29, 1.82) is 0 Å². The van der Waals surface area contributed by atoms with Crippen LogP contribution in [0.15, 0.2) is 0 Å². The number of amides is 1. The lowest BCUT2D eigenvalue weighted by atomic mass is 10.2. The normalized spacial score (nSPS) is 15.9. The summed E-state index contributed by atoms with van der Waals surface area (Å²) in [5.74, 6) is -2.29. The van der Waals surface area contributed by atoms with Gasteiger partial charge in [0.15, 0.2) is 0 Å². The number of nitrogens with one attached hydrogen (secondary N) is 1. The van der Waals surface area contributed by atoms with E-state index in [1.807, 2.05) is 0 Å². The summed E-state index contributed by atoms with van der Waals surface area (Å²) in [7, 11) is 0. The topological polar surface area (TPSA) is 105 Å². The summed E-state index contributed by atoms with van der Waals surface area (Å²) in [5.41, 5.74) is 6.00. The minimum Gasteiger partial charge on any atom is -0.389 e. The molecule has 0 aliphatic carbocycles. The molecule has 2 atom stereocenters. The van der Waals surface area contributed by atoms with E-state index in [4.69, 9.17) is 15.9 Å². The molecule has 90 valence electrons. The molecule has 0 aliphatic rings. The highest BCUT2D eigenvalue weighted by Crippen LogP contribution is 2.13. The molecular weight excluding hydrogens is 221 g/mol. The SMILES string of the molecule is NC[C@@H](O)[C@H](O)CONC(=O)C(F)(F)F. The molecule has 0 rings (SSSR count). The number of carbonyl (C=O) groups is 1. The molecule has 5 N–H and O–H groups in total. The van der Waals surface area contributed by atoms with E-state index >= 15 is 0 Å². The van der Waals surface area contributed by atoms with Gasteiger partial charge in [-0.3, -0.25) is 9.63 Å². The molecule has 0 aromatic heterocycles. The molecule has 0 heterocycles. The van der Waals surface area contributed by atoms with E-state index in [-0.39, 0.29) is 6.54 Å². The Labute approximate surface area is 82.8 Å². The van der Waals surface area contributed by atoms with Gasteiger partial charge in [-0.25, -0.2) is 5.48 Å². The second-order valence-corrected chi connectivity index (χ2v) is 2.61. The monoisotopic (exact) mass is 232 g/mol. The van der Waals surface area contributed by atoms with Crippen molar-refractivity contribution in [3.05, 3.63) is 0 Å². The molecule has 0 saturated carbocycles. The average molecular weight is 232 g/mol. The van der Waals surface area contributed by atoms with Crippen LogP contribution in [0.25, 0.3) is 0 Å². The Morgan fingerprint density at radius 1 is 1.40 bits per heavy atom. The summed E-state index contributed by atoms with van der Waals surface area (Å²) in [5, 5.41) is 17.8. The van der Waals surface area contributed by atoms with Gasteiger partial charge in [0.1, 0.15) is 12.7 Å². The highest BCUT2D eigenvalue weighted by Gasteiger charge is 2.39. The van der Waals surface area contributed by atoms with E-state index in [1.165, 1.54) is 0 Å². The highest BCUT2D eigenvalue weighted by atomic mass is 19.4. The second kappa shape index (κ2) is 5.85. The van der Waals surface area contributed by atoms with E-state index in [2.05, 4.69) is 4.84 Å². The van der Waals surface area contributed by atoms with Crippen LogP contribution in [-0.4, -0.2) is 47.7 Å². The van der Waals surface area contributed by atoms with Crippen LogP contribution >= 0.6 is 0 Å². The lowest BCUT2D eigenvalue weighted by molar-refractivity contribution is -0.188.